The first-order chi connectivity index (χ1) is 9.98. The van der Waals surface area contributed by atoms with Crippen LogP contribution in [0.2, 0.25) is 0 Å². The van der Waals surface area contributed by atoms with E-state index in [1.165, 1.54) is 30.3 Å². The molecule has 21 heavy (non-hydrogen) atoms. The Balaban J connectivity index is 2.08. The molecule has 5 heteroatoms. The lowest BCUT2D eigenvalue weighted by Crippen LogP contribution is -1.99. The van der Waals surface area contributed by atoms with Crippen molar-refractivity contribution in [3.8, 4) is 5.75 Å². The molecule has 0 saturated heterocycles. The molecule has 0 aliphatic rings. The molecule has 2 aromatic carbocycles. The third-order valence-electron chi connectivity index (χ3n) is 2.86. The Morgan fingerprint density at radius 2 is 1.67 bits per heavy atom. The highest BCUT2D eigenvalue weighted by molar-refractivity contribution is 7.93. The Morgan fingerprint density at radius 1 is 1.05 bits per heavy atom. The van der Waals surface area contributed by atoms with E-state index in [1.807, 2.05) is 0 Å². The Hall–Kier alpha value is -2.14. The van der Waals surface area contributed by atoms with Gasteiger partial charge in [0.1, 0.15) is 11.6 Å². The summed E-state index contributed by atoms with van der Waals surface area (Å²) in [5.41, 5.74) is 1.31. The molecule has 0 aromatic heterocycles. The van der Waals surface area contributed by atoms with Crippen molar-refractivity contribution in [1.82, 2.24) is 0 Å². The van der Waals surface area contributed by atoms with E-state index in [2.05, 4.69) is 0 Å². The molecule has 2 aromatic rings. The standard InChI is InChI=1S/C16H15FO3S/c1-20-16-8-4-14(5-9-16)12-21(18,19)11-10-13-2-6-15(17)7-3-13/h2-11H,12H2,1H3/b11-10+. The molecule has 3 nitrogen and oxygen atoms in total. The van der Waals surface area contributed by atoms with Crippen molar-refractivity contribution >= 4 is 15.9 Å². The van der Waals surface area contributed by atoms with Crippen LogP contribution in [0.1, 0.15) is 11.1 Å². The summed E-state index contributed by atoms with van der Waals surface area (Å²) in [6.45, 7) is 0. The second-order valence-electron chi connectivity index (χ2n) is 4.51. The first-order valence-corrected chi connectivity index (χ1v) is 7.99. The number of hydrogen-bond acceptors (Lipinski definition) is 3. The van der Waals surface area contributed by atoms with Gasteiger partial charge in [0.25, 0.3) is 0 Å². The van der Waals surface area contributed by atoms with Gasteiger partial charge in [0, 0.05) is 5.41 Å². The highest BCUT2D eigenvalue weighted by Gasteiger charge is 2.08. The number of rotatable bonds is 5. The lowest BCUT2D eigenvalue weighted by Gasteiger charge is -2.02. The zero-order chi connectivity index (χ0) is 15.3. The second kappa shape index (κ2) is 6.54. The van der Waals surface area contributed by atoms with Crippen LogP contribution in [-0.4, -0.2) is 15.5 Å². The summed E-state index contributed by atoms with van der Waals surface area (Å²) in [5.74, 6) is 0.237. The first-order valence-electron chi connectivity index (χ1n) is 6.28. The van der Waals surface area contributed by atoms with Crippen LogP contribution in [-0.2, 0) is 15.6 Å². The van der Waals surface area contributed by atoms with Crippen molar-refractivity contribution in [3.05, 3.63) is 70.9 Å². The van der Waals surface area contributed by atoms with E-state index >= 15 is 0 Å². The molecule has 0 aliphatic carbocycles. The fourth-order valence-corrected chi connectivity index (χ4v) is 2.88. The van der Waals surface area contributed by atoms with E-state index in [0.717, 1.165) is 5.41 Å². The van der Waals surface area contributed by atoms with Gasteiger partial charge in [0.05, 0.1) is 12.9 Å². The lowest BCUT2D eigenvalue weighted by atomic mass is 10.2. The Bertz CT molecular complexity index is 717. The predicted octanol–water partition coefficient (Wildman–Crippen LogP) is 3.42. The minimum Gasteiger partial charge on any atom is -0.497 e. The molecule has 2 rings (SSSR count). The van der Waals surface area contributed by atoms with Crippen LogP contribution in [0, 0.1) is 5.82 Å². The van der Waals surface area contributed by atoms with Crippen molar-refractivity contribution < 1.29 is 17.5 Å². The Morgan fingerprint density at radius 3 is 2.24 bits per heavy atom. The first kappa shape index (κ1) is 15.3. The number of benzene rings is 2. The van der Waals surface area contributed by atoms with Crippen molar-refractivity contribution in [2.75, 3.05) is 7.11 Å². The van der Waals surface area contributed by atoms with Crippen molar-refractivity contribution in [1.29, 1.82) is 0 Å². The zero-order valence-electron chi connectivity index (χ0n) is 11.5. The van der Waals surface area contributed by atoms with Crippen LogP contribution >= 0.6 is 0 Å². The molecule has 0 N–H and O–H groups in total. The molecule has 0 amide bonds. The molecule has 0 radical (unpaired) electrons. The van der Waals surface area contributed by atoms with Gasteiger partial charge in [0.2, 0.25) is 0 Å². The average molecular weight is 306 g/mol. The van der Waals surface area contributed by atoms with Crippen LogP contribution in [0.4, 0.5) is 4.39 Å². The maximum atomic E-state index is 12.8. The van der Waals surface area contributed by atoms with Gasteiger partial charge >= 0.3 is 0 Å². The Kier molecular flexibility index (Phi) is 4.75. The summed E-state index contributed by atoms with van der Waals surface area (Å²) >= 11 is 0. The fraction of sp³-hybridized carbons (Fsp3) is 0.125. The quantitative estimate of drug-likeness (QED) is 0.850. The smallest absolute Gasteiger partial charge is 0.175 e. The van der Waals surface area contributed by atoms with E-state index in [0.29, 0.717) is 16.9 Å². The monoisotopic (exact) mass is 306 g/mol. The molecule has 0 heterocycles. The van der Waals surface area contributed by atoms with Gasteiger partial charge in [-0.05, 0) is 41.5 Å². The molecule has 0 unspecified atom stereocenters. The van der Waals surface area contributed by atoms with Gasteiger partial charge in [-0.25, -0.2) is 12.8 Å². The van der Waals surface area contributed by atoms with Gasteiger partial charge in [0.15, 0.2) is 9.84 Å². The highest BCUT2D eigenvalue weighted by Crippen LogP contribution is 2.15. The third kappa shape index (κ3) is 4.72. The average Bonchev–Trinajstić information content (AvgIpc) is 2.47. The third-order valence-corrected chi connectivity index (χ3v) is 4.15. The number of methoxy groups -OCH3 is 1. The summed E-state index contributed by atoms with van der Waals surface area (Å²) in [6.07, 6.45) is 1.46. The number of hydrogen-bond donors (Lipinski definition) is 0. The van der Waals surface area contributed by atoms with Crippen LogP contribution in [0.25, 0.3) is 6.08 Å². The van der Waals surface area contributed by atoms with Crippen LogP contribution in [0.15, 0.2) is 53.9 Å². The van der Waals surface area contributed by atoms with Crippen molar-refractivity contribution in [2.45, 2.75) is 5.75 Å². The summed E-state index contributed by atoms with van der Waals surface area (Å²) in [5, 5.41) is 1.14. The topological polar surface area (TPSA) is 43.4 Å². The summed E-state index contributed by atoms with van der Waals surface area (Å²) in [6, 6.07) is 12.5. The number of ether oxygens (including phenoxy) is 1. The van der Waals surface area contributed by atoms with Crippen molar-refractivity contribution in [3.63, 3.8) is 0 Å². The zero-order valence-corrected chi connectivity index (χ0v) is 12.3. The van der Waals surface area contributed by atoms with E-state index in [4.69, 9.17) is 4.74 Å². The molecule has 0 spiro atoms. The van der Waals surface area contributed by atoms with Gasteiger partial charge in [-0.1, -0.05) is 24.3 Å². The van der Waals surface area contributed by atoms with Crippen LogP contribution in [0.3, 0.4) is 0 Å². The summed E-state index contributed by atoms with van der Waals surface area (Å²) in [4.78, 5) is 0. The molecule has 110 valence electrons. The summed E-state index contributed by atoms with van der Waals surface area (Å²) in [7, 11) is -1.82. The van der Waals surface area contributed by atoms with E-state index in [-0.39, 0.29) is 11.6 Å². The predicted molar refractivity (Wildman–Crippen MR) is 81.1 cm³/mol. The van der Waals surface area contributed by atoms with E-state index in [1.54, 1.807) is 31.4 Å². The van der Waals surface area contributed by atoms with E-state index in [9.17, 15) is 12.8 Å². The van der Waals surface area contributed by atoms with Gasteiger partial charge < -0.3 is 4.74 Å². The summed E-state index contributed by atoms with van der Waals surface area (Å²) < 4.78 is 41.8. The highest BCUT2D eigenvalue weighted by atomic mass is 32.2. The van der Waals surface area contributed by atoms with Gasteiger partial charge in [-0.15, -0.1) is 0 Å². The number of sulfone groups is 1. The Labute approximate surface area is 123 Å². The molecular weight excluding hydrogens is 291 g/mol. The fourth-order valence-electron chi connectivity index (χ4n) is 1.76. The maximum Gasteiger partial charge on any atom is 0.175 e. The van der Waals surface area contributed by atoms with Gasteiger partial charge in [-0.2, -0.15) is 0 Å². The molecule has 0 aliphatic heterocycles. The van der Waals surface area contributed by atoms with Crippen molar-refractivity contribution in [2.24, 2.45) is 0 Å². The van der Waals surface area contributed by atoms with Crippen LogP contribution in [0.5, 0.6) is 5.75 Å². The molecule has 0 saturated carbocycles. The molecule has 0 bridgehead atoms. The SMILES string of the molecule is COc1ccc(CS(=O)(=O)/C=C/c2ccc(F)cc2)cc1. The lowest BCUT2D eigenvalue weighted by molar-refractivity contribution is 0.414. The van der Waals surface area contributed by atoms with E-state index < -0.39 is 9.84 Å². The maximum absolute atomic E-state index is 12.8. The molecular formula is C16H15FO3S. The largest absolute Gasteiger partial charge is 0.497 e. The van der Waals surface area contributed by atoms with Crippen LogP contribution < -0.4 is 4.74 Å². The normalized spacial score (nSPS) is 11.7. The minimum absolute atomic E-state index is 0.0886. The second-order valence-corrected chi connectivity index (χ2v) is 6.40. The van der Waals surface area contributed by atoms with Gasteiger partial charge in [-0.3, -0.25) is 0 Å². The molecule has 0 fully saturated rings. The number of halogens is 1. The minimum atomic E-state index is -3.38. The molecule has 0 atom stereocenters.